The Morgan fingerprint density at radius 3 is 2.49 bits per heavy atom. The quantitative estimate of drug-likeness (QED) is 0.687. The minimum Gasteiger partial charge on any atom is -0.444 e. The van der Waals surface area contributed by atoms with E-state index in [1.807, 2.05) is 50.8 Å². The van der Waals surface area contributed by atoms with Gasteiger partial charge in [-0.3, -0.25) is 9.59 Å². The van der Waals surface area contributed by atoms with E-state index in [1.165, 1.54) is 0 Å². The Labute approximate surface area is 207 Å². The number of H-pyrrole nitrogens is 1. The number of carbonyl (C=O) groups is 3. The molecule has 35 heavy (non-hydrogen) atoms. The maximum atomic E-state index is 13.3. The largest absolute Gasteiger partial charge is 0.444 e. The zero-order chi connectivity index (χ0) is 25.3. The van der Waals surface area contributed by atoms with Crippen LogP contribution in [0, 0.1) is 19.8 Å². The highest BCUT2D eigenvalue weighted by Gasteiger charge is 2.33. The molecule has 2 aliphatic heterocycles. The van der Waals surface area contributed by atoms with Crippen LogP contribution in [-0.4, -0.2) is 70.5 Å². The summed E-state index contributed by atoms with van der Waals surface area (Å²) in [6.07, 6.45) is 2.83. The summed E-state index contributed by atoms with van der Waals surface area (Å²) in [5.74, 6) is -0.306. The van der Waals surface area contributed by atoms with Gasteiger partial charge in [0, 0.05) is 54.4 Å². The first kappa shape index (κ1) is 25.1. The van der Waals surface area contributed by atoms with E-state index in [0.717, 1.165) is 47.8 Å². The fraction of sp³-hybridized carbons (Fsp3) is 0.593. The molecule has 2 aromatic rings. The van der Waals surface area contributed by atoms with E-state index < -0.39 is 5.60 Å². The van der Waals surface area contributed by atoms with Gasteiger partial charge < -0.3 is 24.8 Å². The van der Waals surface area contributed by atoms with E-state index in [-0.39, 0.29) is 29.9 Å². The summed E-state index contributed by atoms with van der Waals surface area (Å²) < 4.78 is 5.48. The molecule has 2 N–H and O–H groups in total. The maximum absolute atomic E-state index is 13.3. The Morgan fingerprint density at radius 2 is 1.74 bits per heavy atom. The van der Waals surface area contributed by atoms with Crippen LogP contribution in [0.2, 0.25) is 0 Å². The summed E-state index contributed by atoms with van der Waals surface area (Å²) in [6.45, 7) is 11.8. The third kappa shape index (κ3) is 5.80. The van der Waals surface area contributed by atoms with Crippen molar-refractivity contribution in [3.8, 4) is 0 Å². The summed E-state index contributed by atoms with van der Waals surface area (Å²) >= 11 is 0. The SMILES string of the molecule is Cc1[nH]c2ccc(C(=O)N3CCC[C@H](NC(=O)[C@H]4CCCN(C(=O)OC(C)(C)C)C4)C3)cc2c1C. The number of aryl methyl sites for hydroxylation is 2. The van der Waals surface area contributed by atoms with Gasteiger partial charge in [0.15, 0.2) is 0 Å². The molecule has 8 heteroatoms. The van der Waals surface area contributed by atoms with Gasteiger partial charge >= 0.3 is 6.09 Å². The van der Waals surface area contributed by atoms with Crippen LogP contribution in [0.3, 0.4) is 0 Å². The van der Waals surface area contributed by atoms with Crippen molar-refractivity contribution in [2.75, 3.05) is 26.2 Å². The zero-order valence-electron chi connectivity index (χ0n) is 21.6. The number of amides is 3. The number of aromatic amines is 1. The molecule has 4 rings (SSSR count). The van der Waals surface area contributed by atoms with Gasteiger partial charge in [-0.2, -0.15) is 0 Å². The summed E-state index contributed by atoms with van der Waals surface area (Å²) in [4.78, 5) is 45.6. The predicted molar refractivity (Wildman–Crippen MR) is 135 cm³/mol. The number of piperidine rings is 2. The van der Waals surface area contributed by atoms with E-state index in [0.29, 0.717) is 31.7 Å². The molecular formula is C27H38N4O4. The van der Waals surface area contributed by atoms with E-state index in [1.54, 1.807) is 4.90 Å². The molecule has 2 aliphatic rings. The smallest absolute Gasteiger partial charge is 0.410 e. The number of nitrogens with zero attached hydrogens (tertiary/aromatic N) is 2. The summed E-state index contributed by atoms with van der Waals surface area (Å²) in [6, 6.07) is 5.71. The third-order valence-corrected chi connectivity index (χ3v) is 7.05. The first-order valence-corrected chi connectivity index (χ1v) is 12.7. The number of aromatic nitrogens is 1. The van der Waals surface area contributed by atoms with Crippen molar-refractivity contribution in [1.82, 2.24) is 20.1 Å². The Balaban J connectivity index is 1.36. The third-order valence-electron chi connectivity index (χ3n) is 7.05. The van der Waals surface area contributed by atoms with Crippen LogP contribution in [0.1, 0.15) is 68.1 Å². The van der Waals surface area contributed by atoms with Crippen molar-refractivity contribution < 1.29 is 19.1 Å². The highest BCUT2D eigenvalue weighted by Crippen LogP contribution is 2.24. The molecule has 0 aliphatic carbocycles. The van der Waals surface area contributed by atoms with Gasteiger partial charge in [0.2, 0.25) is 5.91 Å². The number of ether oxygens (including phenoxy) is 1. The van der Waals surface area contributed by atoms with Gasteiger partial charge in [0.1, 0.15) is 5.60 Å². The first-order valence-electron chi connectivity index (χ1n) is 12.7. The van der Waals surface area contributed by atoms with Crippen molar-refractivity contribution in [3.63, 3.8) is 0 Å². The van der Waals surface area contributed by atoms with Gasteiger partial charge in [-0.1, -0.05) is 0 Å². The molecule has 1 aromatic carbocycles. The van der Waals surface area contributed by atoms with Crippen LogP contribution in [0.25, 0.3) is 10.9 Å². The number of hydrogen-bond acceptors (Lipinski definition) is 4. The van der Waals surface area contributed by atoms with Gasteiger partial charge in [-0.05, 0) is 84.1 Å². The van der Waals surface area contributed by atoms with E-state index >= 15 is 0 Å². The number of likely N-dealkylation sites (tertiary alicyclic amines) is 2. The van der Waals surface area contributed by atoms with Gasteiger partial charge in [-0.25, -0.2) is 4.79 Å². The summed E-state index contributed by atoms with van der Waals surface area (Å²) in [5, 5.41) is 4.23. The second-order valence-corrected chi connectivity index (χ2v) is 11.0. The van der Waals surface area contributed by atoms with E-state index in [2.05, 4.69) is 17.2 Å². The van der Waals surface area contributed by atoms with Crippen molar-refractivity contribution in [2.45, 2.75) is 71.9 Å². The molecule has 2 atom stereocenters. The van der Waals surface area contributed by atoms with Crippen LogP contribution in [-0.2, 0) is 9.53 Å². The zero-order valence-corrected chi connectivity index (χ0v) is 21.6. The topological polar surface area (TPSA) is 94.7 Å². The highest BCUT2D eigenvalue weighted by molar-refractivity contribution is 5.99. The Hall–Kier alpha value is -3.03. The Bertz CT molecular complexity index is 1120. The van der Waals surface area contributed by atoms with Crippen LogP contribution >= 0.6 is 0 Å². The second kappa shape index (κ2) is 9.91. The lowest BCUT2D eigenvalue weighted by atomic mass is 9.96. The van der Waals surface area contributed by atoms with E-state index in [9.17, 15) is 14.4 Å². The fourth-order valence-corrected chi connectivity index (χ4v) is 5.06. The van der Waals surface area contributed by atoms with Crippen LogP contribution in [0.5, 0.6) is 0 Å². The molecular weight excluding hydrogens is 444 g/mol. The van der Waals surface area contributed by atoms with Gasteiger partial charge in [0.25, 0.3) is 5.91 Å². The van der Waals surface area contributed by atoms with Crippen LogP contribution in [0.15, 0.2) is 18.2 Å². The molecule has 0 bridgehead atoms. The summed E-state index contributed by atoms with van der Waals surface area (Å²) in [5.41, 5.74) is 3.41. The van der Waals surface area contributed by atoms with E-state index in [4.69, 9.17) is 4.74 Å². The van der Waals surface area contributed by atoms with Crippen molar-refractivity contribution in [3.05, 3.63) is 35.0 Å². The lowest BCUT2D eigenvalue weighted by Gasteiger charge is -2.36. The molecule has 0 unspecified atom stereocenters. The molecule has 1 aromatic heterocycles. The number of benzene rings is 1. The molecule has 8 nitrogen and oxygen atoms in total. The van der Waals surface area contributed by atoms with Crippen LogP contribution < -0.4 is 5.32 Å². The molecule has 0 spiro atoms. The first-order chi connectivity index (χ1) is 16.5. The molecule has 2 saturated heterocycles. The highest BCUT2D eigenvalue weighted by atomic mass is 16.6. The number of nitrogens with one attached hydrogen (secondary N) is 2. The minimum absolute atomic E-state index is 0.00197. The standard InChI is InChI=1S/C27H38N4O4/c1-17-18(2)28-23-11-10-19(14-22(17)23)25(33)30-12-7-9-21(16-30)29-24(32)20-8-6-13-31(15-20)26(34)35-27(3,4)5/h10-11,14,20-21,28H,6-9,12-13,15-16H2,1-5H3,(H,29,32)/t20-,21-/m0/s1. The fourth-order valence-electron chi connectivity index (χ4n) is 5.06. The molecule has 2 fully saturated rings. The normalized spacial score (nSPS) is 21.2. The average molecular weight is 483 g/mol. The lowest BCUT2D eigenvalue weighted by Crippen LogP contribution is -2.53. The molecule has 3 heterocycles. The molecule has 0 saturated carbocycles. The van der Waals surface area contributed by atoms with Crippen LogP contribution in [0.4, 0.5) is 4.79 Å². The van der Waals surface area contributed by atoms with Crippen molar-refractivity contribution >= 4 is 28.8 Å². The summed E-state index contributed by atoms with van der Waals surface area (Å²) in [7, 11) is 0. The number of carbonyl (C=O) groups excluding carboxylic acids is 3. The minimum atomic E-state index is -0.562. The Morgan fingerprint density at radius 1 is 1.03 bits per heavy atom. The second-order valence-electron chi connectivity index (χ2n) is 11.0. The lowest BCUT2D eigenvalue weighted by molar-refractivity contribution is -0.127. The predicted octanol–water partition coefficient (Wildman–Crippen LogP) is 4.15. The molecule has 0 radical (unpaired) electrons. The van der Waals surface area contributed by atoms with Gasteiger partial charge in [0.05, 0.1) is 5.92 Å². The maximum Gasteiger partial charge on any atom is 0.410 e. The average Bonchev–Trinajstić information content (AvgIpc) is 3.10. The molecule has 3 amide bonds. The number of fused-ring (bicyclic) bond motifs is 1. The Kier molecular flexibility index (Phi) is 7.10. The van der Waals surface area contributed by atoms with Crippen molar-refractivity contribution in [2.24, 2.45) is 5.92 Å². The van der Waals surface area contributed by atoms with Crippen molar-refractivity contribution in [1.29, 1.82) is 0 Å². The number of rotatable bonds is 3. The number of hydrogen-bond donors (Lipinski definition) is 2. The van der Waals surface area contributed by atoms with Gasteiger partial charge in [-0.15, -0.1) is 0 Å². The molecule has 190 valence electrons. The monoisotopic (exact) mass is 482 g/mol.